The van der Waals surface area contributed by atoms with Crippen LogP contribution in [0, 0.1) is 0 Å². The Hall–Kier alpha value is -5.35. The largest absolute Gasteiger partial charge is 0.472 e. The quantitative estimate of drug-likeness (QED) is 0.0146. The molecule has 0 rings (SSSR count). The maximum absolute atomic E-state index is 13.0. The maximum atomic E-state index is 13.0. The van der Waals surface area contributed by atoms with E-state index in [1.807, 2.05) is 18.2 Å². The average Bonchev–Trinajstić information content (AvgIpc) is 0.898. The van der Waals surface area contributed by atoms with Gasteiger partial charge in [-0.05, 0) is 148 Å². The highest BCUT2D eigenvalue weighted by Gasteiger charge is 2.29. The molecule has 0 aromatic heterocycles. The number of unbranched alkanes of at least 4 members (excludes halogenated alkanes) is 33. The van der Waals surface area contributed by atoms with Crippen molar-refractivity contribution >= 4 is 33.6 Å². The summed E-state index contributed by atoms with van der Waals surface area (Å²) in [5.41, 5.74) is 0. The minimum Gasteiger partial charge on any atom is -0.463 e. The molecule has 0 aliphatic carbocycles. The Labute approximate surface area is 713 Å². The molecule has 5 unspecified atom stereocenters. The van der Waals surface area contributed by atoms with Gasteiger partial charge in [-0.25, -0.2) is 9.13 Å². The smallest absolute Gasteiger partial charge is 0.463 e. The van der Waals surface area contributed by atoms with Gasteiger partial charge in [0, 0.05) is 19.3 Å². The van der Waals surface area contributed by atoms with E-state index < -0.39 is 91.5 Å². The van der Waals surface area contributed by atoms with Crippen LogP contribution in [0.4, 0.5) is 0 Å². The lowest BCUT2D eigenvalue weighted by Gasteiger charge is -2.21. The van der Waals surface area contributed by atoms with Crippen LogP contribution < -0.4 is 0 Å². The van der Waals surface area contributed by atoms with E-state index in [-0.39, 0.29) is 19.3 Å². The lowest BCUT2D eigenvalue weighted by atomic mass is 10.0. The van der Waals surface area contributed by atoms with E-state index in [0.717, 1.165) is 135 Å². The summed E-state index contributed by atoms with van der Waals surface area (Å²) < 4.78 is 61.3. The molecule has 0 radical (unpaired) electrons. The summed E-state index contributed by atoms with van der Waals surface area (Å²) in [4.78, 5) is 58.9. The number of carbonyl (C=O) groups is 3. The second kappa shape index (κ2) is 89.9. The highest BCUT2D eigenvalue weighted by molar-refractivity contribution is 7.47. The van der Waals surface area contributed by atoms with Gasteiger partial charge in [0.25, 0.3) is 0 Å². The summed E-state index contributed by atoms with van der Waals surface area (Å²) in [6.07, 6.45) is 118. The van der Waals surface area contributed by atoms with Crippen LogP contribution in [0.25, 0.3) is 0 Å². The van der Waals surface area contributed by atoms with Gasteiger partial charge < -0.3 is 34.2 Å². The van der Waals surface area contributed by atoms with Gasteiger partial charge in [0.2, 0.25) is 0 Å². The summed E-state index contributed by atoms with van der Waals surface area (Å²) in [6, 6.07) is 0. The molecule has 0 aromatic carbocycles. The third-order valence-corrected chi connectivity index (χ3v) is 21.0. The number of phosphoric acid groups is 2. The van der Waals surface area contributed by atoms with E-state index in [1.165, 1.54) is 167 Å². The summed E-state index contributed by atoms with van der Waals surface area (Å²) in [7, 11) is -9.84. The van der Waals surface area contributed by atoms with Crippen molar-refractivity contribution in [3.05, 3.63) is 182 Å². The van der Waals surface area contributed by atoms with Crippen LogP contribution in [0.5, 0.6) is 0 Å². The number of esters is 3. The van der Waals surface area contributed by atoms with Gasteiger partial charge >= 0.3 is 33.6 Å². The SMILES string of the molecule is CC/C=C\C/C=C\C/C=C\C/C=C\C/C=C\C/C=C\CCC(=O)OC(COC(=O)CCCCCCCCCCCCCCC/C=C\C/C=C\C/C=C\C/C=C\C/C=C\CC)COP(=O)(O)OCC(O)COP(=O)(O)OCC(O)COC(=O)CCCCCCCCCCCCCCCCCCC/C=C\C/C=C\C/C=C\C/C=C\CCCCC. The van der Waals surface area contributed by atoms with Gasteiger partial charge in [0.05, 0.1) is 26.4 Å². The fourth-order valence-electron chi connectivity index (χ4n) is 12.2. The molecule has 18 heteroatoms. The molecule has 0 aromatic rings. The molecular formula is C99H166O16P2. The predicted octanol–water partition coefficient (Wildman–Crippen LogP) is 28.4. The molecule has 0 spiro atoms. The highest BCUT2D eigenvalue weighted by Crippen LogP contribution is 2.45. The number of ether oxygens (including phenoxy) is 3. The van der Waals surface area contributed by atoms with E-state index in [1.54, 1.807) is 0 Å². The monoisotopic (exact) mass is 1670 g/mol. The molecule has 117 heavy (non-hydrogen) atoms. The summed E-state index contributed by atoms with van der Waals surface area (Å²) >= 11 is 0. The second-order valence-corrected chi connectivity index (χ2v) is 33.2. The van der Waals surface area contributed by atoms with Crippen molar-refractivity contribution in [2.45, 2.75) is 386 Å². The van der Waals surface area contributed by atoms with Crippen molar-refractivity contribution in [2.24, 2.45) is 0 Å². The highest BCUT2D eigenvalue weighted by atomic mass is 31.2. The molecule has 0 fully saturated rings. The lowest BCUT2D eigenvalue weighted by Crippen LogP contribution is -2.29. The average molecular weight is 1670 g/mol. The van der Waals surface area contributed by atoms with Crippen LogP contribution in [-0.2, 0) is 55.8 Å². The van der Waals surface area contributed by atoms with Gasteiger partial charge in [-0.2, -0.15) is 0 Å². The van der Waals surface area contributed by atoms with E-state index in [0.29, 0.717) is 25.7 Å². The van der Waals surface area contributed by atoms with Crippen molar-refractivity contribution < 1.29 is 75.8 Å². The van der Waals surface area contributed by atoms with Crippen molar-refractivity contribution in [3.8, 4) is 0 Å². The molecule has 0 aliphatic heterocycles. The van der Waals surface area contributed by atoms with Crippen LogP contribution in [0.15, 0.2) is 182 Å². The Morgan fingerprint density at radius 2 is 0.470 bits per heavy atom. The van der Waals surface area contributed by atoms with Gasteiger partial charge in [0.15, 0.2) is 6.10 Å². The molecule has 668 valence electrons. The molecule has 0 heterocycles. The summed E-state index contributed by atoms with van der Waals surface area (Å²) in [6.45, 7) is 2.37. The molecule has 0 bridgehead atoms. The Morgan fingerprint density at radius 3 is 0.752 bits per heavy atom. The normalized spacial score (nSPS) is 14.6. The molecule has 0 saturated heterocycles. The predicted molar refractivity (Wildman–Crippen MR) is 491 cm³/mol. The van der Waals surface area contributed by atoms with Gasteiger partial charge in [-0.15, -0.1) is 0 Å². The van der Waals surface area contributed by atoms with Crippen LogP contribution in [0.1, 0.15) is 367 Å². The maximum Gasteiger partial charge on any atom is 0.472 e. The number of hydrogen-bond acceptors (Lipinski definition) is 14. The minimum absolute atomic E-state index is 0.0257. The first-order chi connectivity index (χ1) is 57.2. The molecular weight excluding hydrogens is 1510 g/mol. The number of rotatable bonds is 86. The Balaban J connectivity index is 4.57. The fraction of sp³-hybridized carbons (Fsp3) is 0.667. The molecule has 0 aliphatic rings. The van der Waals surface area contributed by atoms with E-state index in [2.05, 4.69) is 185 Å². The zero-order valence-corrected chi connectivity index (χ0v) is 75.4. The molecule has 0 saturated carbocycles. The Bertz CT molecular complexity index is 2860. The number of aliphatic hydroxyl groups excluding tert-OH is 2. The topological polar surface area (TPSA) is 231 Å². The first-order valence-electron chi connectivity index (χ1n) is 46.1. The molecule has 5 atom stereocenters. The van der Waals surface area contributed by atoms with Crippen LogP contribution in [0.2, 0.25) is 0 Å². The molecule has 16 nitrogen and oxygen atoms in total. The molecule has 0 amide bonds. The number of hydrogen-bond donors (Lipinski definition) is 4. The van der Waals surface area contributed by atoms with Crippen molar-refractivity contribution in [3.63, 3.8) is 0 Å². The van der Waals surface area contributed by atoms with Crippen LogP contribution in [-0.4, -0.2) is 95.9 Å². The summed E-state index contributed by atoms with van der Waals surface area (Å²) in [5.74, 6) is -1.67. The lowest BCUT2D eigenvalue weighted by molar-refractivity contribution is -0.161. The third-order valence-electron chi connectivity index (χ3n) is 19.1. The standard InChI is InChI=1S/C99H166O16P2/c1-4-7-10-13-16-19-22-25-28-31-34-36-38-40-42-44-45-46-47-49-51-52-54-56-59-61-64-67-70-73-76-79-82-85-97(102)109-88-94(100)89-111-116(105,106)112-90-95(101)91-113-117(107,108)114-93-96(115-99(104)87-84-81-78-75-72-69-66-63-58-33-30-27-24-21-18-15-12-9-6-3)92-110-98(103)86-83-80-77-74-71-68-65-62-60-57-55-53-50-48-43-41-39-37-35-32-29-26-23-20-17-14-11-8-5-2/h8-9,11-12,16-21,25-30,34-37,40-43,58,63,69,72,78,81,94-96,100-101H,4-7,10,13-15,22-24,31-33,38-39,44-57,59-62,64-68,70-71,73-77,79-80,82-93H2,1-3H3,(H,105,106)(H,107,108)/b11-8-,12-9-,19-16-,20-17-,21-18-,28-25-,29-26-,30-27-,36-34-,37-35-,42-40-,43-41-,63-58-,72-69-,81-78-. The fourth-order valence-corrected chi connectivity index (χ4v) is 13.8. The third kappa shape index (κ3) is 91.2. The first-order valence-corrected chi connectivity index (χ1v) is 49.1. The van der Waals surface area contributed by atoms with Crippen molar-refractivity contribution in [1.29, 1.82) is 0 Å². The zero-order chi connectivity index (χ0) is 85.1. The Morgan fingerprint density at radius 1 is 0.248 bits per heavy atom. The number of phosphoric ester groups is 2. The summed E-state index contributed by atoms with van der Waals surface area (Å²) in [5, 5.41) is 20.7. The first kappa shape index (κ1) is 112. The van der Waals surface area contributed by atoms with E-state index >= 15 is 0 Å². The van der Waals surface area contributed by atoms with E-state index in [9.17, 15) is 43.5 Å². The van der Waals surface area contributed by atoms with E-state index in [4.69, 9.17) is 32.3 Å². The van der Waals surface area contributed by atoms with Crippen LogP contribution >= 0.6 is 15.6 Å². The van der Waals surface area contributed by atoms with Crippen LogP contribution in [0.3, 0.4) is 0 Å². The number of carbonyl (C=O) groups excluding carboxylic acids is 3. The molecule has 4 N–H and O–H groups in total. The number of aliphatic hydroxyl groups is 2. The minimum atomic E-state index is -4.96. The van der Waals surface area contributed by atoms with Gasteiger partial charge in [-0.1, -0.05) is 383 Å². The van der Waals surface area contributed by atoms with Gasteiger partial charge in [-0.3, -0.25) is 32.5 Å². The van der Waals surface area contributed by atoms with Crippen molar-refractivity contribution in [1.82, 2.24) is 0 Å². The second-order valence-electron chi connectivity index (χ2n) is 30.3. The Kier molecular flexibility index (Phi) is 85.8. The number of allylic oxidation sites excluding steroid dienone is 30. The van der Waals surface area contributed by atoms with Crippen molar-refractivity contribution in [2.75, 3.05) is 39.6 Å². The van der Waals surface area contributed by atoms with Gasteiger partial charge in [0.1, 0.15) is 25.4 Å². The zero-order valence-electron chi connectivity index (χ0n) is 73.6.